The summed E-state index contributed by atoms with van der Waals surface area (Å²) in [6.45, 7) is 4.63. The van der Waals surface area contributed by atoms with E-state index in [4.69, 9.17) is 4.74 Å². The minimum Gasteiger partial charge on any atom is -0.379 e. The van der Waals surface area contributed by atoms with Crippen molar-refractivity contribution in [2.24, 2.45) is 0 Å². The third-order valence-corrected chi connectivity index (χ3v) is 3.55. The highest BCUT2D eigenvalue weighted by Gasteiger charge is 2.11. The minimum atomic E-state index is -0.379. The number of aromatic nitrogens is 2. The summed E-state index contributed by atoms with van der Waals surface area (Å²) in [7, 11) is 0. The molecule has 106 valence electrons. The Labute approximate surface area is 115 Å². The standard InChI is InChI=1S/C14H16FN3O2/c15-11-1-2-12-13(9-11)16-10-18(14(12)19)4-3-17-5-7-20-8-6-17/h1-2,9-10H,3-8H2. The Morgan fingerprint density at radius 2 is 2.05 bits per heavy atom. The smallest absolute Gasteiger partial charge is 0.261 e. The summed E-state index contributed by atoms with van der Waals surface area (Å²) in [6.07, 6.45) is 1.49. The molecule has 1 saturated heterocycles. The number of hydrogen-bond donors (Lipinski definition) is 0. The van der Waals surface area contributed by atoms with Crippen LogP contribution < -0.4 is 5.56 Å². The molecule has 20 heavy (non-hydrogen) atoms. The first kappa shape index (κ1) is 13.2. The van der Waals surface area contributed by atoms with Crippen molar-refractivity contribution >= 4 is 10.9 Å². The zero-order valence-electron chi connectivity index (χ0n) is 11.1. The monoisotopic (exact) mass is 277 g/mol. The van der Waals surface area contributed by atoms with Crippen molar-refractivity contribution in [1.29, 1.82) is 0 Å². The number of nitrogens with zero attached hydrogens (tertiary/aromatic N) is 3. The molecule has 0 N–H and O–H groups in total. The van der Waals surface area contributed by atoms with Gasteiger partial charge in [0.05, 0.1) is 30.4 Å². The highest BCUT2D eigenvalue weighted by atomic mass is 19.1. The molecule has 2 aromatic rings. The van der Waals surface area contributed by atoms with Crippen molar-refractivity contribution in [3.8, 4) is 0 Å². The largest absolute Gasteiger partial charge is 0.379 e. The first-order valence-electron chi connectivity index (χ1n) is 6.69. The molecule has 1 aromatic heterocycles. The first-order valence-corrected chi connectivity index (χ1v) is 6.69. The van der Waals surface area contributed by atoms with Crippen LogP contribution in [0.4, 0.5) is 4.39 Å². The van der Waals surface area contributed by atoms with E-state index in [2.05, 4.69) is 9.88 Å². The quantitative estimate of drug-likeness (QED) is 0.835. The maximum absolute atomic E-state index is 13.1. The SMILES string of the molecule is O=c1c2ccc(F)cc2ncn1CCN1CCOCC1. The predicted octanol–water partition coefficient (Wildman–Crippen LogP) is 0.868. The number of fused-ring (bicyclic) bond motifs is 1. The Balaban J connectivity index is 1.79. The van der Waals surface area contributed by atoms with Crippen molar-refractivity contribution in [2.75, 3.05) is 32.8 Å². The molecule has 0 spiro atoms. The molecule has 1 aliphatic rings. The summed E-state index contributed by atoms with van der Waals surface area (Å²) in [6, 6.07) is 4.06. The fraction of sp³-hybridized carbons (Fsp3) is 0.429. The topological polar surface area (TPSA) is 47.4 Å². The van der Waals surface area contributed by atoms with Crippen molar-refractivity contribution in [1.82, 2.24) is 14.5 Å². The zero-order valence-corrected chi connectivity index (χ0v) is 11.1. The lowest BCUT2D eigenvalue weighted by Gasteiger charge is -2.26. The summed E-state index contributed by atoms with van der Waals surface area (Å²) < 4.78 is 20.0. The summed E-state index contributed by atoms with van der Waals surface area (Å²) >= 11 is 0. The molecule has 0 bridgehead atoms. The van der Waals surface area contributed by atoms with Gasteiger partial charge in [0.25, 0.3) is 5.56 Å². The van der Waals surface area contributed by atoms with Crippen molar-refractivity contribution < 1.29 is 9.13 Å². The van der Waals surface area contributed by atoms with Crippen LogP contribution in [-0.2, 0) is 11.3 Å². The van der Waals surface area contributed by atoms with Crippen LogP contribution in [0.25, 0.3) is 10.9 Å². The fourth-order valence-electron chi connectivity index (χ4n) is 2.36. The van der Waals surface area contributed by atoms with E-state index >= 15 is 0 Å². The van der Waals surface area contributed by atoms with Gasteiger partial charge in [0, 0.05) is 32.2 Å². The zero-order chi connectivity index (χ0) is 13.9. The molecule has 6 heteroatoms. The molecule has 0 unspecified atom stereocenters. The average Bonchev–Trinajstić information content (AvgIpc) is 2.47. The van der Waals surface area contributed by atoms with Gasteiger partial charge in [-0.25, -0.2) is 9.37 Å². The first-order chi connectivity index (χ1) is 9.74. The normalized spacial score (nSPS) is 16.6. The van der Waals surface area contributed by atoms with Crippen LogP contribution in [0.2, 0.25) is 0 Å². The summed E-state index contributed by atoms with van der Waals surface area (Å²) in [4.78, 5) is 18.7. The van der Waals surface area contributed by atoms with Crippen molar-refractivity contribution in [3.05, 3.63) is 40.7 Å². The third kappa shape index (κ3) is 2.71. The molecule has 1 fully saturated rings. The number of benzene rings is 1. The van der Waals surface area contributed by atoms with E-state index in [1.54, 1.807) is 4.57 Å². The highest BCUT2D eigenvalue weighted by molar-refractivity contribution is 5.77. The minimum absolute atomic E-state index is 0.122. The number of rotatable bonds is 3. The van der Waals surface area contributed by atoms with Gasteiger partial charge in [0.1, 0.15) is 5.82 Å². The van der Waals surface area contributed by atoms with E-state index in [9.17, 15) is 9.18 Å². The van der Waals surface area contributed by atoms with E-state index in [0.29, 0.717) is 17.4 Å². The van der Waals surface area contributed by atoms with Crippen LogP contribution >= 0.6 is 0 Å². The van der Waals surface area contributed by atoms with E-state index < -0.39 is 0 Å². The van der Waals surface area contributed by atoms with Gasteiger partial charge >= 0.3 is 0 Å². The molecule has 0 amide bonds. The van der Waals surface area contributed by atoms with Crippen LogP contribution in [0, 0.1) is 5.82 Å². The second-order valence-corrected chi connectivity index (χ2v) is 4.86. The van der Waals surface area contributed by atoms with Crippen molar-refractivity contribution in [3.63, 3.8) is 0 Å². The number of morpholine rings is 1. The van der Waals surface area contributed by atoms with Gasteiger partial charge in [-0.1, -0.05) is 0 Å². The molecule has 0 atom stereocenters. The Morgan fingerprint density at radius 1 is 1.25 bits per heavy atom. The van der Waals surface area contributed by atoms with Gasteiger partial charge in [-0.2, -0.15) is 0 Å². The van der Waals surface area contributed by atoms with E-state index in [1.165, 1.54) is 24.5 Å². The third-order valence-electron chi connectivity index (χ3n) is 3.55. The van der Waals surface area contributed by atoms with Gasteiger partial charge < -0.3 is 4.74 Å². The van der Waals surface area contributed by atoms with Gasteiger partial charge in [-0.15, -0.1) is 0 Å². The molecular weight excluding hydrogens is 261 g/mol. The van der Waals surface area contributed by atoms with Gasteiger partial charge in [0.2, 0.25) is 0 Å². The van der Waals surface area contributed by atoms with Crippen LogP contribution in [-0.4, -0.2) is 47.3 Å². The fourth-order valence-corrected chi connectivity index (χ4v) is 2.36. The summed E-state index contributed by atoms with van der Waals surface area (Å²) in [5, 5.41) is 0.455. The van der Waals surface area contributed by atoms with Crippen LogP contribution in [0.15, 0.2) is 29.3 Å². The molecule has 1 aromatic carbocycles. The molecular formula is C14H16FN3O2. The molecule has 5 nitrogen and oxygen atoms in total. The maximum atomic E-state index is 13.1. The Bertz CT molecular complexity index is 665. The van der Waals surface area contributed by atoms with Crippen LogP contribution in [0.5, 0.6) is 0 Å². The number of hydrogen-bond acceptors (Lipinski definition) is 4. The lowest BCUT2D eigenvalue weighted by Crippen LogP contribution is -2.39. The van der Waals surface area contributed by atoms with Crippen LogP contribution in [0.1, 0.15) is 0 Å². The Kier molecular flexibility index (Phi) is 3.75. The maximum Gasteiger partial charge on any atom is 0.261 e. The molecule has 1 aliphatic heterocycles. The van der Waals surface area contributed by atoms with Gasteiger partial charge in [-0.05, 0) is 12.1 Å². The molecule has 0 aliphatic carbocycles. The highest BCUT2D eigenvalue weighted by Crippen LogP contribution is 2.08. The number of halogens is 1. The van der Waals surface area contributed by atoms with Gasteiger partial charge in [0.15, 0.2) is 0 Å². The van der Waals surface area contributed by atoms with Crippen molar-refractivity contribution in [2.45, 2.75) is 6.54 Å². The Hall–Kier alpha value is -1.79. The summed E-state index contributed by atoms with van der Waals surface area (Å²) in [5.74, 6) is -0.379. The molecule has 2 heterocycles. The lowest BCUT2D eigenvalue weighted by atomic mass is 10.2. The summed E-state index contributed by atoms with van der Waals surface area (Å²) in [5.41, 5.74) is 0.279. The second-order valence-electron chi connectivity index (χ2n) is 4.86. The van der Waals surface area contributed by atoms with E-state index in [1.807, 2.05) is 0 Å². The van der Waals surface area contributed by atoms with Gasteiger partial charge in [-0.3, -0.25) is 14.3 Å². The predicted molar refractivity (Wildman–Crippen MR) is 73.2 cm³/mol. The molecule has 3 rings (SSSR count). The van der Waals surface area contributed by atoms with E-state index in [0.717, 1.165) is 32.8 Å². The van der Waals surface area contributed by atoms with E-state index in [-0.39, 0.29) is 11.4 Å². The Morgan fingerprint density at radius 3 is 2.85 bits per heavy atom. The molecule has 0 saturated carbocycles. The second kappa shape index (κ2) is 5.68. The van der Waals surface area contributed by atoms with Crippen LogP contribution in [0.3, 0.4) is 0 Å². The molecule has 0 radical (unpaired) electrons. The lowest BCUT2D eigenvalue weighted by molar-refractivity contribution is 0.0362. The number of ether oxygens (including phenoxy) is 1. The average molecular weight is 277 g/mol.